The summed E-state index contributed by atoms with van der Waals surface area (Å²) in [6.07, 6.45) is 9.09. The summed E-state index contributed by atoms with van der Waals surface area (Å²) in [7, 11) is 0. The van der Waals surface area contributed by atoms with Gasteiger partial charge in [0.15, 0.2) is 0 Å². The molecule has 5 fully saturated rings. The van der Waals surface area contributed by atoms with Crippen LogP contribution in [0.3, 0.4) is 0 Å². The summed E-state index contributed by atoms with van der Waals surface area (Å²) in [5.41, 5.74) is -0.201. The van der Waals surface area contributed by atoms with E-state index in [0.29, 0.717) is 5.92 Å². The molecule has 0 N–H and O–H groups in total. The maximum Gasteiger partial charge on any atom is 0.0694 e. The van der Waals surface area contributed by atoms with Gasteiger partial charge in [-0.2, -0.15) is 5.26 Å². The van der Waals surface area contributed by atoms with Crippen molar-refractivity contribution in [3.63, 3.8) is 0 Å². The molecule has 0 aromatic carbocycles. The Labute approximate surface area is 122 Å². The third kappa shape index (κ3) is 1.86. The quantitative estimate of drug-likeness (QED) is 0.718. The summed E-state index contributed by atoms with van der Waals surface area (Å²) in [6.45, 7) is 5.13. The van der Waals surface area contributed by atoms with Crippen LogP contribution in [0, 0.1) is 46.3 Å². The van der Waals surface area contributed by atoms with Crippen LogP contribution in [0.15, 0.2) is 0 Å². The Morgan fingerprint density at radius 2 is 1.60 bits per heavy atom. The van der Waals surface area contributed by atoms with Crippen LogP contribution in [-0.2, 0) is 4.74 Å². The third-order valence-corrected chi connectivity index (χ3v) is 6.87. The Bertz CT molecular complexity index is 421. The van der Waals surface area contributed by atoms with E-state index in [-0.39, 0.29) is 11.0 Å². The first-order valence-corrected chi connectivity index (χ1v) is 8.56. The molecular weight excluding hydrogens is 246 g/mol. The van der Waals surface area contributed by atoms with Crippen molar-refractivity contribution in [2.24, 2.45) is 35.0 Å². The third-order valence-electron chi connectivity index (χ3n) is 6.87. The molecule has 0 radical (unpaired) electrons. The molecule has 4 bridgehead atoms. The normalized spacial score (nSPS) is 52.8. The highest BCUT2D eigenvalue weighted by Crippen LogP contribution is 2.63. The molecule has 0 spiro atoms. The predicted octanol–water partition coefficient (Wildman–Crippen LogP) is 4.16. The van der Waals surface area contributed by atoms with Gasteiger partial charge in [0.25, 0.3) is 0 Å². The number of hydrogen-bond acceptors (Lipinski definition) is 2. The summed E-state index contributed by atoms with van der Waals surface area (Å²) in [4.78, 5) is 0. The second-order valence-electron chi connectivity index (χ2n) is 8.76. The van der Waals surface area contributed by atoms with Crippen LogP contribution in [0.25, 0.3) is 0 Å². The molecule has 0 aromatic heterocycles. The van der Waals surface area contributed by atoms with Crippen molar-refractivity contribution < 1.29 is 4.74 Å². The molecular formula is C18H27NO. The van der Waals surface area contributed by atoms with E-state index in [4.69, 9.17) is 4.74 Å². The fourth-order valence-corrected chi connectivity index (χ4v) is 6.69. The average Bonchev–Trinajstić information content (AvgIpc) is 2.36. The second kappa shape index (κ2) is 4.23. The first-order valence-electron chi connectivity index (χ1n) is 8.56. The van der Waals surface area contributed by atoms with Gasteiger partial charge in [-0.3, -0.25) is 0 Å². The lowest BCUT2D eigenvalue weighted by Crippen LogP contribution is -2.55. The molecule has 1 aliphatic heterocycles. The Morgan fingerprint density at radius 1 is 1.00 bits per heavy atom. The molecule has 1 saturated heterocycles. The minimum Gasteiger partial charge on any atom is -0.375 e. The van der Waals surface area contributed by atoms with Crippen LogP contribution in [0.4, 0.5) is 0 Å². The zero-order chi connectivity index (χ0) is 14.0. The summed E-state index contributed by atoms with van der Waals surface area (Å²) < 4.78 is 5.91. The number of ether oxygens (including phenoxy) is 1. The van der Waals surface area contributed by atoms with E-state index in [2.05, 4.69) is 19.9 Å². The topological polar surface area (TPSA) is 33.0 Å². The van der Waals surface area contributed by atoms with Gasteiger partial charge in [-0.1, -0.05) is 0 Å². The fraction of sp³-hybridized carbons (Fsp3) is 0.944. The number of rotatable bonds is 1. The maximum absolute atomic E-state index is 10.1. The predicted molar refractivity (Wildman–Crippen MR) is 77.8 cm³/mol. The van der Waals surface area contributed by atoms with Crippen LogP contribution in [0.1, 0.15) is 58.8 Å². The molecule has 5 rings (SSSR count). The molecule has 1 atom stereocenters. The molecule has 1 unspecified atom stereocenters. The molecule has 0 amide bonds. The minimum atomic E-state index is -0.108. The summed E-state index contributed by atoms with van der Waals surface area (Å²) in [5.74, 6) is 4.36. The van der Waals surface area contributed by atoms with Crippen molar-refractivity contribution in [2.75, 3.05) is 6.61 Å². The highest BCUT2D eigenvalue weighted by atomic mass is 16.5. The summed E-state index contributed by atoms with van der Waals surface area (Å²) in [5, 5.41) is 10.1. The van der Waals surface area contributed by atoms with Crippen LogP contribution < -0.4 is 0 Å². The highest BCUT2D eigenvalue weighted by Gasteiger charge is 2.57. The van der Waals surface area contributed by atoms with Crippen molar-refractivity contribution in [2.45, 2.75) is 64.4 Å². The zero-order valence-corrected chi connectivity index (χ0v) is 12.9. The summed E-state index contributed by atoms with van der Waals surface area (Å²) in [6, 6.07) is 2.82. The fourth-order valence-electron chi connectivity index (χ4n) is 6.69. The van der Waals surface area contributed by atoms with Crippen molar-refractivity contribution >= 4 is 0 Å². The van der Waals surface area contributed by atoms with E-state index >= 15 is 0 Å². The molecule has 4 saturated carbocycles. The van der Waals surface area contributed by atoms with E-state index in [1.807, 2.05) is 0 Å². The lowest BCUT2D eigenvalue weighted by Gasteiger charge is -2.60. The first-order chi connectivity index (χ1) is 9.51. The standard InChI is InChI=1S/C18H27NO/c1-17(2)10-18(11-19,3-4-20-17)16-14-6-12-5-13(8-14)9-15(16)7-12/h12-16H,3-10H2,1-2H3. The van der Waals surface area contributed by atoms with Crippen LogP contribution in [-0.4, -0.2) is 12.2 Å². The van der Waals surface area contributed by atoms with Gasteiger partial charge in [0.1, 0.15) is 0 Å². The minimum absolute atomic E-state index is 0.0929. The van der Waals surface area contributed by atoms with E-state index in [1.54, 1.807) is 0 Å². The molecule has 110 valence electrons. The average molecular weight is 273 g/mol. The van der Waals surface area contributed by atoms with Gasteiger partial charge in [0.2, 0.25) is 0 Å². The Morgan fingerprint density at radius 3 is 2.10 bits per heavy atom. The van der Waals surface area contributed by atoms with Gasteiger partial charge in [-0.15, -0.1) is 0 Å². The van der Waals surface area contributed by atoms with Gasteiger partial charge in [0.05, 0.1) is 17.1 Å². The van der Waals surface area contributed by atoms with Gasteiger partial charge >= 0.3 is 0 Å². The van der Waals surface area contributed by atoms with Crippen LogP contribution in [0.2, 0.25) is 0 Å². The first kappa shape index (κ1) is 13.1. The largest absolute Gasteiger partial charge is 0.375 e. The van der Waals surface area contributed by atoms with Gasteiger partial charge < -0.3 is 4.74 Å². The maximum atomic E-state index is 10.1. The van der Waals surface area contributed by atoms with E-state index < -0.39 is 0 Å². The monoisotopic (exact) mass is 273 g/mol. The molecule has 20 heavy (non-hydrogen) atoms. The van der Waals surface area contributed by atoms with Gasteiger partial charge in [0, 0.05) is 6.61 Å². The SMILES string of the molecule is CC1(C)CC(C#N)(C2C3CC4CC(C3)CC2C4)CCO1. The molecule has 2 nitrogen and oxygen atoms in total. The van der Waals surface area contributed by atoms with Crippen molar-refractivity contribution in [3.8, 4) is 6.07 Å². The van der Waals surface area contributed by atoms with E-state index in [9.17, 15) is 5.26 Å². The zero-order valence-electron chi connectivity index (χ0n) is 12.9. The highest BCUT2D eigenvalue weighted by molar-refractivity contribution is 5.14. The smallest absolute Gasteiger partial charge is 0.0694 e. The van der Waals surface area contributed by atoms with E-state index in [0.717, 1.165) is 43.1 Å². The Balaban J connectivity index is 1.66. The van der Waals surface area contributed by atoms with Gasteiger partial charge in [-0.05, 0) is 88.4 Å². The second-order valence-corrected chi connectivity index (χ2v) is 8.76. The number of nitriles is 1. The lowest BCUT2D eigenvalue weighted by molar-refractivity contribution is -0.151. The summed E-state index contributed by atoms with van der Waals surface area (Å²) >= 11 is 0. The van der Waals surface area contributed by atoms with Gasteiger partial charge in [-0.25, -0.2) is 0 Å². The van der Waals surface area contributed by atoms with Crippen molar-refractivity contribution in [1.82, 2.24) is 0 Å². The molecule has 4 aliphatic carbocycles. The number of nitrogens with zero attached hydrogens (tertiary/aromatic N) is 1. The molecule has 0 aromatic rings. The number of hydrogen-bond donors (Lipinski definition) is 0. The Kier molecular flexibility index (Phi) is 2.78. The molecule has 1 heterocycles. The molecule has 5 aliphatic rings. The van der Waals surface area contributed by atoms with Crippen LogP contribution in [0.5, 0.6) is 0 Å². The van der Waals surface area contributed by atoms with Crippen LogP contribution >= 0.6 is 0 Å². The van der Waals surface area contributed by atoms with E-state index in [1.165, 1.54) is 32.1 Å². The Hall–Kier alpha value is -0.550. The van der Waals surface area contributed by atoms with Crippen molar-refractivity contribution in [1.29, 1.82) is 5.26 Å². The van der Waals surface area contributed by atoms with Crippen molar-refractivity contribution in [3.05, 3.63) is 0 Å². The lowest BCUT2D eigenvalue weighted by atomic mass is 9.45. The molecule has 2 heteroatoms.